The van der Waals surface area contributed by atoms with Crippen LogP contribution < -0.4 is 10.2 Å². The zero-order chi connectivity index (χ0) is 21.5. The predicted octanol–water partition coefficient (Wildman–Crippen LogP) is 1.83. The maximum absolute atomic E-state index is 12.5. The molecule has 2 heterocycles. The van der Waals surface area contributed by atoms with Gasteiger partial charge in [0.1, 0.15) is 11.9 Å². The Balaban J connectivity index is 1.46. The lowest BCUT2D eigenvalue weighted by Crippen LogP contribution is -2.50. The van der Waals surface area contributed by atoms with Gasteiger partial charge in [0.15, 0.2) is 0 Å². The summed E-state index contributed by atoms with van der Waals surface area (Å²) in [5, 5.41) is 12.4. The van der Waals surface area contributed by atoms with Gasteiger partial charge in [0, 0.05) is 39.4 Å². The van der Waals surface area contributed by atoms with E-state index in [-0.39, 0.29) is 24.9 Å². The number of hydrogen-bond donors (Lipinski definition) is 1. The van der Waals surface area contributed by atoms with Gasteiger partial charge in [0.2, 0.25) is 11.8 Å². The molecule has 0 spiro atoms. The maximum Gasteiger partial charge on any atom is 0.244 e. The third kappa shape index (κ3) is 5.47. The number of aromatic nitrogens is 1. The van der Waals surface area contributed by atoms with E-state index in [0.29, 0.717) is 48.3 Å². The lowest BCUT2D eigenvalue weighted by molar-refractivity contribution is -0.134. The molecule has 1 aromatic carbocycles. The Morgan fingerprint density at radius 1 is 1.20 bits per heavy atom. The molecule has 0 bridgehead atoms. The van der Waals surface area contributed by atoms with E-state index >= 15 is 0 Å². The van der Waals surface area contributed by atoms with Gasteiger partial charge in [-0.05, 0) is 24.3 Å². The number of nitrogens with zero attached hydrogens (tertiary/aromatic N) is 5. The fourth-order valence-corrected chi connectivity index (χ4v) is 3.40. The van der Waals surface area contributed by atoms with E-state index in [1.54, 1.807) is 49.6 Å². The zero-order valence-electron chi connectivity index (χ0n) is 16.7. The van der Waals surface area contributed by atoms with Crippen molar-refractivity contribution in [2.45, 2.75) is 0 Å². The van der Waals surface area contributed by atoms with Gasteiger partial charge in [0.05, 0.1) is 29.4 Å². The number of halogens is 1. The van der Waals surface area contributed by atoms with Crippen LogP contribution >= 0.6 is 11.6 Å². The molecular formula is C21H23ClN6O2. The summed E-state index contributed by atoms with van der Waals surface area (Å²) in [4.78, 5) is 34.6. The number of anilines is 2. The lowest BCUT2D eigenvalue weighted by atomic mass is 10.2. The Morgan fingerprint density at radius 2 is 1.93 bits per heavy atom. The second kappa shape index (κ2) is 10.1. The molecule has 0 unspecified atom stereocenters. The number of amides is 2. The highest BCUT2D eigenvalue weighted by Crippen LogP contribution is 2.20. The van der Waals surface area contributed by atoms with E-state index in [4.69, 9.17) is 11.6 Å². The second-order valence-corrected chi connectivity index (χ2v) is 7.43. The van der Waals surface area contributed by atoms with Gasteiger partial charge >= 0.3 is 0 Å². The summed E-state index contributed by atoms with van der Waals surface area (Å²) in [5.41, 5.74) is 1.07. The Kier molecular flexibility index (Phi) is 7.22. The molecular weight excluding hydrogens is 404 g/mol. The number of para-hydroxylation sites is 1. The minimum atomic E-state index is -0.303. The van der Waals surface area contributed by atoms with Crippen molar-refractivity contribution in [1.29, 1.82) is 5.26 Å². The molecule has 1 saturated heterocycles. The van der Waals surface area contributed by atoms with Gasteiger partial charge in [0.25, 0.3) is 0 Å². The van der Waals surface area contributed by atoms with Crippen molar-refractivity contribution in [1.82, 2.24) is 14.8 Å². The molecule has 2 aromatic rings. The first kappa shape index (κ1) is 21.6. The van der Waals surface area contributed by atoms with E-state index < -0.39 is 0 Å². The van der Waals surface area contributed by atoms with Gasteiger partial charge in [-0.2, -0.15) is 5.26 Å². The number of nitrogens with one attached hydrogen (secondary N) is 1. The SMILES string of the molecule is CN(CC(=O)Nc1ccccc1Cl)C(=O)CN1CCN(c2ncccc2C#N)CC1. The number of piperazine rings is 1. The van der Waals surface area contributed by atoms with Crippen molar-refractivity contribution in [3.63, 3.8) is 0 Å². The summed E-state index contributed by atoms with van der Waals surface area (Å²) in [7, 11) is 1.61. The van der Waals surface area contributed by atoms with E-state index in [0.717, 1.165) is 0 Å². The van der Waals surface area contributed by atoms with Crippen LogP contribution in [0.5, 0.6) is 0 Å². The molecule has 0 radical (unpaired) electrons. The van der Waals surface area contributed by atoms with Crippen LogP contribution in [0.15, 0.2) is 42.6 Å². The van der Waals surface area contributed by atoms with E-state index in [1.165, 1.54) is 4.90 Å². The summed E-state index contributed by atoms with van der Waals surface area (Å²) in [5.74, 6) is 0.246. The minimum absolute atomic E-state index is 0.0521. The molecule has 1 fully saturated rings. The first-order valence-corrected chi connectivity index (χ1v) is 9.96. The number of hydrogen-bond acceptors (Lipinski definition) is 6. The van der Waals surface area contributed by atoms with Crippen LogP contribution in [0.4, 0.5) is 11.5 Å². The Morgan fingerprint density at radius 3 is 2.63 bits per heavy atom. The highest BCUT2D eigenvalue weighted by molar-refractivity contribution is 6.33. The van der Waals surface area contributed by atoms with Crippen LogP contribution in [0.25, 0.3) is 0 Å². The van der Waals surface area contributed by atoms with Crippen molar-refractivity contribution in [2.75, 3.05) is 56.5 Å². The third-order valence-electron chi connectivity index (χ3n) is 4.89. The first-order valence-electron chi connectivity index (χ1n) is 9.58. The normalized spacial score (nSPS) is 14.1. The largest absolute Gasteiger partial charge is 0.353 e. The molecule has 156 valence electrons. The van der Waals surface area contributed by atoms with E-state index in [1.807, 2.05) is 4.90 Å². The van der Waals surface area contributed by atoms with Crippen LogP contribution in [0.3, 0.4) is 0 Å². The summed E-state index contributed by atoms with van der Waals surface area (Å²) < 4.78 is 0. The fraction of sp³-hybridized carbons (Fsp3) is 0.333. The molecule has 1 aromatic heterocycles. The van der Waals surface area contributed by atoms with Crippen LogP contribution in [0.2, 0.25) is 5.02 Å². The topological polar surface area (TPSA) is 92.6 Å². The van der Waals surface area contributed by atoms with Crippen molar-refractivity contribution in [3.05, 3.63) is 53.2 Å². The van der Waals surface area contributed by atoms with Crippen molar-refractivity contribution < 1.29 is 9.59 Å². The van der Waals surface area contributed by atoms with Crippen molar-refractivity contribution >= 4 is 34.9 Å². The first-order chi connectivity index (χ1) is 14.5. The number of pyridine rings is 1. The Hall–Kier alpha value is -3.15. The summed E-state index contributed by atoms with van der Waals surface area (Å²) in [6.07, 6.45) is 1.68. The number of carbonyl (C=O) groups excluding carboxylic acids is 2. The molecule has 30 heavy (non-hydrogen) atoms. The zero-order valence-corrected chi connectivity index (χ0v) is 17.5. The standard InChI is InChI=1S/C21H23ClN6O2/c1-26(14-19(29)25-18-7-3-2-6-17(18)22)20(30)15-27-9-11-28(12-10-27)21-16(13-23)5-4-8-24-21/h2-8H,9-12,14-15H2,1H3,(H,25,29). The molecule has 0 saturated carbocycles. The molecule has 9 heteroatoms. The van der Waals surface area contributed by atoms with Crippen LogP contribution in [-0.4, -0.2) is 72.9 Å². The number of benzene rings is 1. The number of likely N-dealkylation sites (N-methyl/N-ethyl adjacent to an activating group) is 1. The highest BCUT2D eigenvalue weighted by atomic mass is 35.5. The molecule has 2 amide bonds. The molecule has 3 rings (SSSR count). The number of carbonyl (C=O) groups is 2. The van der Waals surface area contributed by atoms with Crippen LogP contribution in [-0.2, 0) is 9.59 Å². The van der Waals surface area contributed by atoms with Gasteiger partial charge in [-0.3, -0.25) is 14.5 Å². The molecule has 1 N–H and O–H groups in total. The van der Waals surface area contributed by atoms with Gasteiger partial charge < -0.3 is 15.1 Å². The lowest BCUT2D eigenvalue weighted by Gasteiger charge is -2.35. The molecule has 1 aliphatic heterocycles. The Bertz CT molecular complexity index is 953. The summed E-state index contributed by atoms with van der Waals surface area (Å²) >= 11 is 6.04. The molecule has 0 aliphatic carbocycles. The minimum Gasteiger partial charge on any atom is -0.353 e. The highest BCUT2D eigenvalue weighted by Gasteiger charge is 2.23. The summed E-state index contributed by atoms with van der Waals surface area (Å²) in [6, 6.07) is 12.6. The maximum atomic E-state index is 12.5. The molecule has 0 atom stereocenters. The second-order valence-electron chi connectivity index (χ2n) is 7.03. The van der Waals surface area contributed by atoms with Gasteiger partial charge in [-0.25, -0.2) is 4.98 Å². The number of rotatable bonds is 6. The van der Waals surface area contributed by atoms with Crippen molar-refractivity contribution in [3.8, 4) is 6.07 Å². The van der Waals surface area contributed by atoms with Crippen molar-refractivity contribution in [2.24, 2.45) is 0 Å². The monoisotopic (exact) mass is 426 g/mol. The smallest absolute Gasteiger partial charge is 0.244 e. The van der Waals surface area contributed by atoms with Gasteiger partial charge in [-0.15, -0.1) is 0 Å². The van der Waals surface area contributed by atoms with Crippen LogP contribution in [0.1, 0.15) is 5.56 Å². The third-order valence-corrected chi connectivity index (χ3v) is 5.22. The average Bonchev–Trinajstić information content (AvgIpc) is 2.75. The van der Waals surface area contributed by atoms with Gasteiger partial charge in [-0.1, -0.05) is 23.7 Å². The summed E-state index contributed by atoms with van der Waals surface area (Å²) in [6.45, 7) is 2.88. The Labute approximate surface area is 180 Å². The molecule has 8 nitrogen and oxygen atoms in total. The average molecular weight is 427 g/mol. The predicted molar refractivity (Wildman–Crippen MR) is 115 cm³/mol. The van der Waals surface area contributed by atoms with Crippen LogP contribution in [0, 0.1) is 11.3 Å². The quantitative estimate of drug-likeness (QED) is 0.757. The molecule has 1 aliphatic rings. The fourth-order valence-electron chi connectivity index (χ4n) is 3.22. The van der Waals surface area contributed by atoms with E-state index in [9.17, 15) is 14.9 Å². The van der Waals surface area contributed by atoms with E-state index in [2.05, 4.69) is 21.3 Å². The number of nitriles is 1.